The Morgan fingerprint density at radius 2 is 1.70 bits per heavy atom. The van der Waals surface area contributed by atoms with E-state index in [1.807, 2.05) is 6.92 Å². The van der Waals surface area contributed by atoms with Crippen molar-refractivity contribution in [1.29, 1.82) is 0 Å². The van der Waals surface area contributed by atoms with Crippen LogP contribution in [0.4, 0.5) is 0 Å². The average molecular weight is 751 g/mol. The summed E-state index contributed by atoms with van der Waals surface area (Å²) in [5.74, 6) is -7.39. The van der Waals surface area contributed by atoms with E-state index >= 15 is 0 Å². The van der Waals surface area contributed by atoms with Crippen LogP contribution in [0, 0.1) is 52.3 Å². The first-order chi connectivity index (χ1) is 25.4. The van der Waals surface area contributed by atoms with Gasteiger partial charge in [-0.15, -0.1) is 0 Å². The molecular weight excluding hydrogens is 704 g/mol. The first-order valence-electron chi connectivity index (χ1n) is 18.7. The predicted octanol–water partition coefficient (Wildman–Crippen LogP) is 1.90. The van der Waals surface area contributed by atoms with Gasteiger partial charge in [0, 0.05) is 34.5 Å². The summed E-state index contributed by atoms with van der Waals surface area (Å²) in [5, 5.41) is 43.0. The summed E-state index contributed by atoms with van der Waals surface area (Å²) in [6.07, 6.45) is 0.661. The zero-order valence-corrected chi connectivity index (χ0v) is 30.9. The van der Waals surface area contributed by atoms with Crippen LogP contribution in [0.15, 0.2) is 45.1 Å². The molecule has 4 N–H and O–H groups in total. The van der Waals surface area contributed by atoms with Gasteiger partial charge in [-0.1, -0.05) is 19.4 Å². The van der Waals surface area contributed by atoms with Gasteiger partial charge < -0.3 is 39.4 Å². The number of rotatable bonds is 10. The number of aliphatic hydroxyl groups is 3. The quantitative estimate of drug-likeness (QED) is 0.109. The molecule has 12 atom stereocenters. The van der Waals surface area contributed by atoms with E-state index in [0.717, 1.165) is 17.6 Å². The van der Waals surface area contributed by atoms with Crippen LogP contribution in [0.3, 0.4) is 0 Å². The number of allylic oxidation sites excluding steroid dienone is 1. The maximum absolute atomic E-state index is 14.6. The summed E-state index contributed by atoms with van der Waals surface area (Å²) in [4.78, 5) is 78.9. The Morgan fingerprint density at radius 1 is 0.981 bits per heavy atom. The molecule has 8 rings (SSSR count). The van der Waals surface area contributed by atoms with Gasteiger partial charge in [-0.05, 0) is 85.3 Å². The number of ketones is 1. The molecule has 0 aromatic rings. The number of carboxylic acids is 1. The van der Waals surface area contributed by atoms with Crippen molar-refractivity contribution in [2.45, 2.75) is 83.5 Å². The number of ether oxygens (including phenoxy) is 4. The second-order valence-electron chi connectivity index (χ2n) is 17.2. The molecule has 14 nitrogen and oxygen atoms in total. The smallest absolute Gasteiger partial charge is 0.338 e. The van der Waals surface area contributed by atoms with E-state index in [4.69, 9.17) is 24.1 Å². The number of carboxylic acid groups (broad SMARTS) is 1. The number of methoxy groups -OCH3 is 1. The normalized spacial score (nSPS) is 42.9. The molecule has 0 amide bonds. The van der Waals surface area contributed by atoms with E-state index in [2.05, 4.69) is 6.92 Å². The topological polar surface area (TPSA) is 220 Å². The molecule has 54 heavy (non-hydrogen) atoms. The van der Waals surface area contributed by atoms with Gasteiger partial charge in [0.15, 0.2) is 5.78 Å². The second-order valence-corrected chi connectivity index (χ2v) is 17.2. The van der Waals surface area contributed by atoms with Crippen molar-refractivity contribution >= 4 is 35.6 Å². The minimum Gasteiger partial charge on any atom is -0.481 e. The molecule has 7 aliphatic carbocycles. The number of Topliss-reactive ketones (excluding diaryl/α,β-unsaturated/α-hetero) is 1. The lowest BCUT2D eigenvalue weighted by atomic mass is 9.42. The highest BCUT2D eigenvalue weighted by molar-refractivity contribution is 6.09. The summed E-state index contributed by atoms with van der Waals surface area (Å²) in [6, 6.07) is 0. The van der Waals surface area contributed by atoms with Gasteiger partial charge in [0.25, 0.3) is 0 Å². The lowest BCUT2D eigenvalue weighted by Gasteiger charge is -2.63. The Kier molecular flexibility index (Phi) is 8.13. The molecule has 14 heteroatoms. The Balaban J connectivity index is 1.32. The van der Waals surface area contributed by atoms with Crippen molar-refractivity contribution in [3.63, 3.8) is 0 Å². The fourth-order valence-corrected chi connectivity index (χ4v) is 12.4. The summed E-state index contributed by atoms with van der Waals surface area (Å²) in [5.41, 5.74) is -2.19. The Hall–Kier alpha value is -4.14. The van der Waals surface area contributed by atoms with E-state index in [9.17, 15) is 44.1 Å². The third-order valence-electron chi connectivity index (χ3n) is 14.9. The van der Waals surface area contributed by atoms with Gasteiger partial charge in [0.05, 0.1) is 38.0 Å². The third kappa shape index (κ3) is 4.62. The van der Waals surface area contributed by atoms with Gasteiger partial charge in [-0.2, -0.15) is 0 Å². The molecule has 0 bridgehead atoms. The number of carbonyl (C=O) groups excluding carboxylic acids is 5. The van der Waals surface area contributed by atoms with Gasteiger partial charge in [0.1, 0.15) is 30.5 Å². The number of fused-ring (bicyclic) bond motifs is 7. The van der Waals surface area contributed by atoms with Crippen LogP contribution in [-0.2, 0) is 47.7 Å². The zero-order chi connectivity index (χ0) is 39.0. The minimum atomic E-state index is -1.57. The van der Waals surface area contributed by atoms with Crippen molar-refractivity contribution in [3.8, 4) is 0 Å². The van der Waals surface area contributed by atoms with Crippen molar-refractivity contribution in [3.05, 3.63) is 45.1 Å². The van der Waals surface area contributed by atoms with Crippen LogP contribution in [0.2, 0.25) is 0 Å². The highest BCUT2D eigenvalue weighted by Gasteiger charge is 2.84. The van der Waals surface area contributed by atoms with E-state index in [1.54, 1.807) is 6.92 Å². The summed E-state index contributed by atoms with van der Waals surface area (Å²) < 4.78 is 22.9. The van der Waals surface area contributed by atoms with Crippen LogP contribution in [-0.4, -0.2) is 100 Å². The van der Waals surface area contributed by atoms with Gasteiger partial charge >= 0.3 is 29.8 Å². The number of aliphatic hydroxyl groups excluding tert-OH is 2. The molecule has 0 radical (unpaired) electrons. The van der Waals surface area contributed by atoms with Crippen molar-refractivity contribution in [2.24, 2.45) is 52.3 Å². The molecule has 5 fully saturated rings. The fourth-order valence-electron chi connectivity index (χ4n) is 12.4. The Bertz CT molecular complexity index is 1950. The number of hydrogen-bond donors (Lipinski definition) is 4. The molecule has 0 aromatic heterocycles. The SMILES string of the molecule is COC(=O)/C(C)=C1/C(=O)[C@H](O)[C@]2(C)C3=C(C[C@@H]4[C@]5(OC(=O)C(COC(=O)CCC(=O)O)=C5C[C@H]5[C@](O)(COC(=O)/C=C(\C)CO)[C@H]6C[C@H]6[C@]45C)[C@H]31)[C@H]1C[C@H]12. The second kappa shape index (κ2) is 11.9. The molecule has 1 aliphatic heterocycles. The maximum Gasteiger partial charge on any atom is 0.338 e. The molecule has 0 unspecified atom stereocenters. The van der Waals surface area contributed by atoms with E-state index < -0.39 is 101 Å². The highest BCUT2D eigenvalue weighted by Crippen LogP contribution is 2.83. The summed E-state index contributed by atoms with van der Waals surface area (Å²) >= 11 is 0. The molecular formula is C40H46O14. The molecule has 0 saturated heterocycles. The highest BCUT2D eigenvalue weighted by atomic mass is 16.6. The Morgan fingerprint density at radius 3 is 2.37 bits per heavy atom. The van der Waals surface area contributed by atoms with Crippen LogP contribution >= 0.6 is 0 Å². The van der Waals surface area contributed by atoms with Crippen molar-refractivity contribution in [1.82, 2.24) is 0 Å². The van der Waals surface area contributed by atoms with E-state index in [0.29, 0.717) is 24.0 Å². The fraction of sp³-hybridized carbons (Fsp3) is 0.650. The van der Waals surface area contributed by atoms with Gasteiger partial charge in [-0.3, -0.25) is 14.4 Å². The van der Waals surface area contributed by atoms with Crippen LogP contribution in [0.1, 0.15) is 66.2 Å². The van der Waals surface area contributed by atoms with Crippen molar-refractivity contribution in [2.75, 3.05) is 26.9 Å². The number of carbonyl (C=O) groups is 6. The van der Waals surface area contributed by atoms with Crippen LogP contribution in [0.25, 0.3) is 0 Å². The van der Waals surface area contributed by atoms with Crippen molar-refractivity contribution < 1.29 is 68.1 Å². The molecule has 5 saturated carbocycles. The standard InChI is InChI=1S/C40H46O14/c1-16(13-41)8-29(45)53-15-39(50)24-11-23(24)37(3)25(39)12-22-20(14-52-28(44)7-6-27(42)43)36(49)54-40(22)26(37)10-19-18-9-21(18)38(4)31(19)32(40)30(33(46)34(38)47)17(2)35(48)51-5/h8,18,21,23-26,32,34,41,47,50H,6-7,9-15H2,1-5H3,(H,42,43)/b16-8+,30-17+/t18-,21-,23-,24+,25-,26+,32+,34+,37+,38+,39+,40+/m1/s1. The lowest BCUT2D eigenvalue weighted by molar-refractivity contribution is -0.191. The molecule has 1 heterocycles. The maximum atomic E-state index is 14.6. The molecule has 0 aromatic carbocycles. The van der Waals surface area contributed by atoms with Crippen LogP contribution in [0.5, 0.6) is 0 Å². The van der Waals surface area contributed by atoms with Crippen LogP contribution < -0.4 is 0 Å². The van der Waals surface area contributed by atoms with Gasteiger partial charge in [0.2, 0.25) is 0 Å². The van der Waals surface area contributed by atoms with E-state index in [1.165, 1.54) is 20.1 Å². The third-order valence-corrected chi connectivity index (χ3v) is 14.9. The Labute approximate surface area is 311 Å². The van der Waals surface area contributed by atoms with Gasteiger partial charge in [-0.25, -0.2) is 14.4 Å². The first-order valence-corrected chi connectivity index (χ1v) is 18.7. The molecule has 1 spiro atoms. The predicted molar refractivity (Wildman–Crippen MR) is 182 cm³/mol. The zero-order valence-electron chi connectivity index (χ0n) is 30.9. The first kappa shape index (κ1) is 36.8. The van der Waals surface area contributed by atoms with E-state index in [-0.39, 0.29) is 60.0 Å². The summed E-state index contributed by atoms with van der Waals surface area (Å²) in [6.45, 7) is 5.75. The number of hydrogen-bond acceptors (Lipinski definition) is 13. The lowest BCUT2D eigenvalue weighted by Crippen LogP contribution is -2.67. The molecule has 290 valence electrons. The molecule has 8 aliphatic rings. The largest absolute Gasteiger partial charge is 0.481 e. The number of esters is 4. The summed E-state index contributed by atoms with van der Waals surface area (Å²) in [7, 11) is 1.20. The minimum absolute atomic E-state index is 0.00898. The monoisotopic (exact) mass is 750 g/mol. The average Bonchev–Trinajstić information content (AvgIpc) is 4.05. The number of aliphatic carboxylic acids is 1.